The first-order valence-electron chi connectivity index (χ1n) is 7.45. The fraction of sp³-hybridized carbons (Fsp3) is 0.333. The average molecular weight is 310 g/mol. The molecule has 0 saturated carbocycles. The predicted molar refractivity (Wildman–Crippen MR) is 83.8 cm³/mol. The number of hydrogen-bond acceptors (Lipinski definition) is 5. The quantitative estimate of drug-likeness (QED) is 0.831. The zero-order valence-corrected chi connectivity index (χ0v) is 13.1. The Morgan fingerprint density at radius 2 is 2.13 bits per heavy atom. The van der Waals surface area contributed by atoms with Gasteiger partial charge in [-0.1, -0.05) is 26.0 Å². The van der Waals surface area contributed by atoms with Gasteiger partial charge >= 0.3 is 0 Å². The number of phenolic OH excluding ortho intramolecular Hbond substituents is 1. The molecule has 1 aromatic rings. The van der Waals surface area contributed by atoms with Crippen molar-refractivity contribution in [1.82, 2.24) is 0 Å². The number of rotatable bonds is 1. The Bertz CT molecular complexity index is 797. The van der Waals surface area contributed by atoms with Gasteiger partial charge in [-0.2, -0.15) is 5.26 Å². The van der Waals surface area contributed by atoms with Crippen molar-refractivity contribution in [2.75, 3.05) is 0 Å². The highest BCUT2D eigenvalue weighted by Crippen LogP contribution is 2.48. The SMILES string of the molecule is CC1(C)CC(=O)C2=C(C1)OC(N)=C(C#N)C2c1cccc(O)c1. The van der Waals surface area contributed by atoms with Crippen molar-refractivity contribution in [3.63, 3.8) is 0 Å². The van der Waals surface area contributed by atoms with Gasteiger partial charge in [-0.05, 0) is 23.1 Å². The van der Waals surface area contributed by atoms with E-state index < -0.39 is 5.92 Å². The Balaban J connectivity index is 2.19. The minimum Gasteiger partial charge on any atom is -0.508 e. The molecule has 0 fully saturated rings. The number of aromatic hydroxyl groups is 1. The van der Waals surface area contributed by atoms with Gasteiger partial charge in [0.25, 0.3) is 0 Å². The molecule has 1 aromatic carbocycles. The number of ether oxygens (including phenoxy) is 1. The third-order valence-electron chi connectivity index (χ3n) is 4.28. The number of phenols is 1. The lowest BCUT2D eigenvalue weighted by Gasteiger charge is -2.37. The van der Waals surface area contributed by atoms with Crippen LogP contribution in [0.25, 0.3) is 0 Å². The van der Waals surface area contributed by atoms with Gasteiger partial charge in [-0.15, -0.1) is 0 Å². The number of benzene rings is 1. The van der Waals surface area contributed by atoms with Gasteiger partial charge in [-0.25, -0.2) is 0 Å². The molecule has 1 atom stereocenters. The Morgan fingerprint density at radius 1 is 1.39 bits per heavy atom. The second-order valence-electron chi connectivity index (χ2n) is 6.80. The average Bonchev–Trinajstić information content (AvgIpc) is 2.44. The number of nitriles is 1. The second kappa shape index (κ2) is 5.17. The molecule has 1 heterocycles. The second-order valence-corrected chi connectivity index (χ2v) is 6.80. The molecular weight excluding hydrogens is 292 g/mol. The van der Waals surface area contributed by atoms with Crippen LogP contribution in [0.1, 0.15) is 38.2 Å². The number of carbonyl (C=O) groups is 1. The van der Waals surface area contributed by atoms with E-state index in [1.165, 1.54) is 0 Å². The fourth-order valence-corrected chi connectivity index (χ4v) is 3.32. The lowest BCUT2D eigenvalue weighted by atomic mass is 9.70. The van der Waals surface area contributed by atoms with Crippen LogP contribution in [0.5, 0.6) is 5.75 Å². The van der Waals surface area contributed by atoms with Crippen molar-refractivity contribution < 1.29 is 14.6 Å². The minimum atomic E-state index is -0.584. The summed E-state index contributed by atoms with van der Waals surface area (Å²) in [5, 5.41) is 19.2. The van der Waals surface area contributed by atoms with Crippen LogP contribution in [0.3, 0.4) is 0 Å². The topological polar surface area (TPSA) is 96.3 Å². The Kier molecular flexibility index (Phi) is 3.41. The largest absolute Gasteiger partial charge is 0.508 e. The van der Waals surface area contributed by atoms with Crippen LogP contribution in [0.2, 0.25) is 0 Å². The van der Waals surface area contributed by atoms with E-state index in [-0.39, 0.29) is 28.4 Å². The molecule has 1 unspecified atom stereocenters. The molecule has 3 N–H and O–H groups in total. The lowest BCUT2D eigenvalue weighted by molar-refractivity contribution is -0.119. The highest BCUT2D eigenvalue weighted by Gasteiger charge is 2.42. The van der Waals surface area contributed by atoms with Crippen molar-refractivity contribution in [3.8, 4) is 11.8 Å². The molecule has 3 rings (SSSR count). The number of nitrogens with two attached hydrogens (primary N) is 1. The molecule has 23 heavy (non-hydrogen) atoms. The van der Waals surface area contributed by atoms with E-state index in [1.54, 1.807) is 24.3 Å². The molecule has 0 saturated heterocycles. The van der Waals surface area contributed by atoms with E-state index in [1.807, 2.05) is 13.8 Å². The van der Waals surface area contributed by atoms with E-state index in [0.717, 1.165) is 0 Å². The van der Waals surface area contributed by atoms with Crippen LogP contribution < -0.4 is 5.73 Å². The molecule has 0 radical (unpaired) electrons. The van der Waals surface area contributed by atoms with Crippen molar-refractivity contribution in [2.24, 2.45) is 11.1 Å². The first-order valence-corrected chi connectivity index (χ1v) is 7.45. The van der Waals surface area contributed by atoms with E-state index >= 15 is 0 Å². The van der Waals surface area contributed by atoms with Gasteiger partial charge in [0.1, 0.15) is 23.2 Å². The Labute approximate surface area is 134 Å². The summed E-state index contributed by atoms with van der Waals surface area (Å²) in [6.07, 6.45) is 0.978. The molecule has 1 aliphatic carbocycles. The maximum atomic E-state index is 12.7. The van der Waals surface area contributed by atoms with Crippen LogP contribution >= 0.6 is 0 Å². The molecule has 1 aliphatic heterocycles. The number of allylic oxidation sites excluding steroid dienone is 3. The number of carbonyl (C=O) groups excluding carboxylic acids is 1. The first kappa shape index (κ1) is 15.2. The van der Waals surface area contributed by atoms with E-state index in [4.69, 9.17) is 10.5 Å². The van der Waals surface area contributed by atoms with Crippen LogP contribution in [0.4, 0.5) is 0 Å². The molecule has 118 valence electrons. The predicted octanol–water partition coefficient (Wildman–Crippen LogP) is 2.84. The van der Waals surface area contributed by atoms with Crippen molar-refractivity contribution in [1.29, 1.82) is 5.26 Å². The van der Waals surface area contributed by atoms with E-state index in [0.29, 0.717) is 29.7 Å². The zero-order chi connectivity index (χ0) is 16.8. The fourth-order valence-electron chi connectivity index (χ4n) is 3.32. The highest BCUT2D eigenvalue weighted by molar-refractivity contribution is 6.00. The first-order chi connectivity index (χ1) is 10.8. The molecule has 0 amide bonds. The summed E-state index contributed by atoms with van der Waals surface area (Å²) < 4.78 is 5.61. The van der Waals surface area contributed by atoms with Gasteiger partial charge in [0.2, 0.25) is 5.88 Å². The van der Waals surface area contributed by atoms with Crippen LogP contribution in [0.15, 0.2) is 47.1 Å². The summed E-state index contributed by atoms with van der Waals surface area (Å²) in [6.45, 7) is 4.00. The summed E-state index contributed by atoms with van der Waals surface area (Å²) in [4.78, 5) is 12.7. The number of hydrogen-bond donors (Lipinski definition) is 2. The number of Topliss-reactive ketones (excluding diaryl/α,β-unsaturated/α-hetero) is 1. The Morgan fingerprint density at radius 3 is 2.78 bits per heavy atom. The monoisotopic (exact) mass is 310 g/mol. The summed E-state index contributed by atoms with van der Waals surface area (Å²) in [7, 11) is 0. The molecule has 2 aliphatic rings. The summed E-state index contributed by atoms with van der Waals surface area (Å²) in [6, 6.07) is 8.62. The van der Waals surface area contributed by atoms with Gasteiger partial charge in [0.05, 0.1) is 5.92 Å². The zero-order valence-electron chi connectivity index (χ0n) is 13.1. The van der Waals surface area contributed by atoms with Gasteiger partial charge in [0.15, 0.2) is 5.78 Å². The molecule has 5 heteroatoms. The Hall–Kier alpha value is -2.74. The molecule has 5 nitrogen and oxygen atoms in total. The maximum absolute atomic E-state index is 12.7. The van der Waals surface area contributed by atoms with Crippen molar-refractivity contribution in [3.05, 3.63) is 52.6 Å². The van der Waals surface area contributed by atoms with Gasteiger partial charge in [0, 0.05) is 18.4 Å². The smallest absolute Gasteiger partial charge is 0.205 e. The van der Waals surface area contributed by atoms with Crippen LogP contribution in [-0.4, -0.2) is 10.9 Å². The van der Waals surface area contributed by atoms with Crippen molar-refractivity contribution >= 4 is 5.78 Å². The third-order valence-corrected chi connectivity index (χ3v) is 4.28. The standard InChI is InChI=1S/C18H18N2O3/c1-18(2)7-13(22)16-14(8-18)23-17(20)12(9-19)15(16)10-4-3-5-11(21)6-10/h3-6,15,21H,7-8,20H2,1-2H3. The molecule has 0 bridgehead atoms. The third kappa shape index (κ3) is 2.57. The molecular formula is C18H18N2O3. The molecule has 0 aromatic heterocycles. The summed E-state index contributed by atoms with van der Waals surface area (Å²) in [5.41, 5.74) is 7.08. The van der Waals surface area contributed by atoms with Crippen LogP contribution in [0, 0.1) is 16.7 Å². The maximum Gasteiger partial charge on any atom is 0.205 e. The highest BCUT2D eigenvalue weighted by atomic mass is 16.5. The van der Waals surface area contributed by atoms with Crippen molar-refractivity contribution in [2.45, 2.75) is 32.6 Å². The van der Waals surface area contributed by atoms with E-state index in [9.17, 15) is 15.2 Å². The summed E-state index contributed by atoms with van der Waals surface area (Å²) in [5.74, 6) is 0.0288. The van der Waals surface area contributed by atoms with Gasteiger partial charge in [-0.3, -0.25) is 4.79 Å². The number of ketones is 1. The van der Waals surface area contributed by atoms with Gasteiger partial charge < -0.3 is 15.6 Å². The van der Waals surface area contributed by atoms with Crippen LogP contribution in [-0.2, 0) is 9.53 Å². The minimum absolute atomic E-state index is 0.0325. The summed E-state index contributed by atoms with van der Waals surface area (Å²) >= 11 is 0. The van der Waals surface area contributed by atoms with E-state index in [2.05, 4.69) is 6.07 Å². The lowest BCUT2D eigenvalue weighted by Crippen LogP contribution is -2.33. The number of nitrogens with zero attached hydrogens (tertiary/aromatic N) is 1. The normalized spacial score (nSPS) is 23.2. The molecule has 0 spiro atoms.